The van der Waals surface area contributed by atoms with Gasteiger partial charge in [-0.3, -0.25) is 13.9 Å². The summed E-state index contributed by atoms with van der Waals surface area (Å²) in [5.41, 5.74) is 5.49. The summed E-state index contributed by atoms with van der Waals surface area (Å²) in [6.07, 6.45) is 5.42. The molecule has 6 heteroatoms. The smallest absolute Gasteiger partial charge is 0.333 e. The van der Waals surface area contributed by atoms with E-state index >= 15 is 0 Å². The van der Waals surface area contributed by atoms with Crippen molar-refractivity contribution < 1.29 is 0 Å². The highest BCUT2D eigenvalue weighted by Gasteiger charge is 2.20. The van der Waals surface area contributed by atoms with Crippen molar-refractivity contribution in [3.63, 3.8) is 0 Å². The Morgan fingerprint density at radius 2 is 1.50 bits per heavy atom. The molecule has 3 heterocycles. The molecule has 38 heavy (non-hydrogen) atoms. The molecular formula is C32H32N4O2. The topological polar surface area (TPSA) is 52.2 Å². The van der Waals surface area contributed by atoms with E-state index in [2.05, 4.69) is 11.0 Å². The fourth-order valence-corrected chi connectivity index (χ4v) is 5.67. The summed E-state index contributed by atoms with van der Waals surface area (Å²) in [7, 11) is 0. The lowest BCUT2D eigenvalue weighted by Crippen LogP contribution is -2.31. The van der Waals surface area contributed by atoms with Gasteiger partial charge < -0.3 is 9.47 Å². The Kier molecular flexibility index (Phi) is 6.46. The number of aromatic nitrogens is 3. The van der Waals surface area contributed by atoms with Crippen molar-refractivity contribution in [1.82, 2.24) is 13.7 Å². The third kappa shape index (κ3) is 4.36. The van der Waals surface area contributed by atoms with Crippen molar-refractivity contribution in [3.05, 3.63) is 118 Å². The van der Waals surface area contributed by atoms with Crippen LogP contribution in [0.25, 0.3) is 27.8 Å². The second-order valence-corrected chi connectivity index (χ2v) is 9.97. The quantitative estimate of drug-likeness (QED) is 0.299. The summed E-state index contributed by atoms with van der Waals surface area (Å²) in [5.74, 6) is 0. The number of rotatable bonds is 6. The van der Waals surface area contributed by atoms with Gasteiger partial charge in [-0.1, -0.05) is 60.7 Å². The zero-order valence-corrected chi connectivity index (χ0v) is 21.7. The van der Waals surface area contributed by atoms with Crippen molar-refractivity contribution in [3.8, 4) is 16.9 Å². The number of imidazole rings is 1. The SMILES string of the molecule is CCn1c(=O)cc(N2CCCCC2)c2cc(-n3c(-c4ccccc4)cn(Cc4ccccc4)c3=O)ccc21. The zero-order valence-electron chi connectivity index (χ0n) is 21.7. The molecule has 1 aliphatic rings. The van der Waals surface area contributed by atoms with Crippen LogP contribution >= 0.6 is 0 Å². The minimum absolute atomic E-state index is 0.0180. The lowest BCUT2D eigenvalue weighted by Gasteiger charge is -2.30. The molecule has 0 spiro atoms. The van der Waals surface area contributed by atoms with Crippen LogP contribution in [-0.4, -0.2) is 26.8 Å². The number of benzene rings is 3. The van der Waals surface area contributed by atoms with Crippen LogP contribution in [0, 0.1) is 0 Å². The van der Waals surface area contributed by atoms with Crippen molar-refractivity contribution in [2.75, 3.05) is 18.0 Å². The predicted octanol–water partition coefficient (Wildman–Crippen LogP) is 5.68. The van der Waals surface area contributed by atoms with E-state index in [0.717, 1.165) is 65.0 Å². The van der Waals surface area contributed by atoms with Gasteiger partial charge in [-0.15, -0.1) is 0 Å². The van der Waals surface area contributed by atoms with E-state index in [4.69, 9.17) is 0 Å². The van der Waals surface area contributed by atoms with Crippen molar-refractivity contribution in [2.45, 2.75) is 39.3 Å². The van der Waals surface area contributed by atoms with Crippen LogP contribution in [-0.2, 0) is 13.1 Å². The maximum absolute atomic E-state index is 13.9. The molecule has 6 rings (SSSR count). The fraction of sp³-hybridized carbons (Fsp3) is 0.250. The molecule has 0 bridgehead atoms. The molecule has 0 amide bonds. The van der Waals surface area contributed by atoms with Gasteiger partial charge in [0, 0.05) is 42.8 Å². The number of hydrogen-bond donors (Lipinski definition) is 0. The largest absolute Gasteiger partial charge is 0.371 e. The zero-order chi connectivity index (χ0) is 26.1. The van der Waals surface area contributed by atoms with Crippen LogP contribution in [0.15, 0.2) is 101 Å². The van der Waals surface area contributed by atoms with Crippen LogP contribution < -0.4 is 16.1 Å². The van der Waals surface area contributed by atoms with Crippen LogP contribution in [0.1, 0.15) is 31.7 Å². The van der Waals surface area contributed by atoms with Gasteiger partial charge >= 0.3 is 5.69 Å². The second kappa shape index (κ2) is 10.2. The highest BCUT2D eigenvalue weighted by Crippen LogP contribution is 2.31. The minimum Gasteiger partial charge on any atom is -0.371 e. The van der Waals surface area contributed by atoms with E-state index in [9.17, 15) is 9.59 Å². The summed E-state index contributed by atoms with van der Waals surface area (Å²) >= 11 is 0. The molecule has 0 saturated carbocycles. The number of piperidine rings is 1. The Hall–Kier alpha value is -4.32. The predicted molar refractivity (Wildman–Crippen MR) is 155 cm³/mol. The van der Waals surface area contributed by atoms with Crippen molar-refractivity contribution >= 4 is 16.6 Å². The molecular weight excluding hydrogens is 472 g/mol. The standard InChI is InChI=1S/C32H32N4O2/c1-2-35-28-17-16-26(20-27(28)29(21-31(35)37)33-18-10-5-11-19-33)36-30(25-14-8-4-9-15-25)23-34(32(36)38)22-24-12-6-3-7-13-24/h3-4,6-9,12-17,20-21,23H,2,5,10-11,18-19,22H2,1H3. The Labute approximate surface area is 222 Å². The molecule has 0 N–H and O–H groups in total. The Balaban J connectivity index is 1.57. The van der Waals surface area contributed by atoms with Gasteiger partial charge in [-0.05, 0) is 49.9 Å². The van der Waals surface area contributed by atoms with E-state index in [-0.39, 0.29) is 11.2 Å². The van der Waals surface area contributed by atoms with Crippen molar-refractivity contribution in [1.29, 1.82) is 0 Å². The summed E-state index contributed by atoms with van der Waals surface area (Å²) < 4.78 is 5.40. The molecule has 2 aromatic heterocycles. The first-order chi connectivity index (χ1) is 18.6. The third-order valence-electron chi connectivity index (χ3n) is 7.57. The highest BCUT2D eigenvalue weighted by molar-refractivity contribution is 5.93. The lowest BCUT2D eigenvalue weighted by atomic mass is 10.1. The maximum Gasteiger partial charge on any atom is 0.333 e. The van der Waals surface area contributed by atoms with Gasteiger partial charge in [-0.2, -0.15) is 0 Å². The van der Waals surface area contributed by atoms with Gasteiger partial charge in [-0.25, -0.2) is 4.79 Å². The van der Waals surface area contributed by atoms with Gasteiger partial charge in [0.2, 0.25) is 0 Å². The first kappa shape index (κ1) is 24.0. The fourth-order valence-electron chi connectivity index (χ4n) is 5.67. The number of anilines is 1. The Bertz CT molecular complexity index is 1690. The maximum atomic E-state index is 13.9. The lowest BCUT2D eigenvalue weighted by molar-refractivity contribution is 0.578. The highest BCUT2D eigenvalue weighted by atomic mass is 16.1. The summed E-state index contributed by atoms with van der Waals surface area (Å²) in [6, 6.07) is 27.9. The van der Waals surface area contributed by atoms with E-state index in [1.165, 1.54) is 6.42 Å². The average Bonchev–Trinajstić information content (AvgIpc) is 3.29. The molecule has 0 atom stereocenters. The molecule has 1 fully saturated rings. The number of nitrogens with zero attached hydrogens (tertiary/aromatic N) is 4. The van der Waals surface area contributed by atoms with E-state index in [1.807, 2.05) is 90.5 Å². The molecule has 1 saturated heterocycles. The molecule has 0 radical (unpaired) electrons. The number of aryl methyl sites for hydroxylation is 1. The van der Waals surface area contributed by atoms with Crippen LogP contribution in [0.5, 0.6) is 0 Å². The molecule has 5 aromatic rings. The number of hydrogen-bond acceptors (Lipinski definition) is 3. The van der Waals surface area contributed by atoms with Gasteiger partial charge in [0.1, 0.15) is 0 Å². The molecule has 3 aromatic carbocycles. The van der Waals surface area contributed by atoms with Gasteiger partial charge in [0.05, 0.1) is 29.1 Å². The number of pyridine rings is 1. The van der Waals surface area contributed by atoms with E-state index < -0.39 is 0 Å². The first-order valence-electron chi connectivity index (χ1n) is 13.5. The van der Waals surface area contributed by atoms with Crippen LogP contribution in [0.2, 0.25) is 0 Å². The van der Waals surface area contributed by atoms with Crippen LogP contribution in [0.4, 0.5) is 5.69 Å². The Morgan fingerprint density at radius 1 is 0.789 bits per heavy atom. The molecule has 192 valence electrons. The Morgan fingerprint density at radius 3 is 2.21 bits per heavy atom. The minimum atomic E-state index is -0.0876. The number of fused-ring (bicyclic) bond motifs is 1. The normalized spacial score (nSPS) is 13.8. The monoisotopic (exact) mass is 504 g/mol. The second-order valence-electron chi connectivity index (χ2n) is 9.97. The first-order valence-corrected chi connectivity index (χ1v) is 13.5. The molecule has 0 aliphatic carbocycles. The molecule has 6 nitrogen and oxygen atoms in total. The van der Waals surface area contributed by atoms with Gasteiger partial charge in [0.15, 0.2) is 0 Å². The van der Waals surface area contributed by atoms with Crippen LogP contribution in [0.3, 0.4) is 0 Å². The van der Waals surface area contributed by atoms with E-state index in [1.54, 1.807) is 15.2 Å². The van der Waals surface area contributed by atoms with E-state index in [0.29, 0.717) is 13.1 Å². The summed E-state index contributed by atoms with van der Waals surface area (Å²) in [6.45, 7) is 4.97. The average molecular weight is 505 g/mol. The summed E-state index contributed by atoms with van der Waals surface area (Å²) in [5, 5.41) is 1.01. The summed E-state index contributed by atoms with van der Waals surface area (Å²) in [4.78, 5) is 29.3. The van der Waals surface area contributed by atoms with Crippen molar-refractivity contribution in [2.24, 2.45) is 0 Å². The van der Waals surface area contributed by atoms with Gasteiger partial charge in [0.25, 0.3) is 5.56 Å². The molecule has 0 unspecified atom stereocenters. The third-order valence-corrected chi connectivity index (χ3v) is 7.57. The molecule has 1 aliphatic heterocycles.